The van der Waals surface area contributed by atoms with Crippen LogP contribution < -0.4 is 5.32 Å². The summed E-state index contributed by atoms with van der Waals surface area (Å²) in [5.41, 5.74) is 0. The van der Waals surface area contributed by atoms with Gasteiger partial charge < -0.3 is 20.3 Å². The fourth-order valence-corrected chi connectivity index (χ4v) is 6.97. The number of esters is 1. The van der Waals surface area contributed by atoms with Crippen molar-refractivity contribution in [2.45, 2.75) is 238 Å². The monoisotopic (exact) mass is 810 g/mol. The average molecular weight is 810 g/mol. The average Bonchev–Trinajstić information content (AvgIpc) is 3.22. The van der Waals surface area contributed by atoms with Crippen LogP contribution in [0.3, 0.4) is 0 Å². The summed E-state index contributed by atoms with van der Waals surface area (Å²) in [5.74, 6) is -0.621. The number of nitrogens with one attached hydrogen (secondary N) is 1. The van der Waals surface area contributed by atoms with Crippen molar-refractivity contribution in [3.05, 3.63) is 72.9 Å². The lowest BCUT2D eigenvalue weighted by molar-refractivity contribution is -0.150. The van der Waals surface area contributed by atoms with Crippen molar-refractivity contribution >= 4 is 11.9 Å². The van der Waals surface area contributed by atoms with Gasteiger partial charge in [-0.25, -0.2) is 0 Å². The van der Waals surface area contributed by atoms with Gasteiger partial charge in [-0.15, -0.1) is 0 Å². The van der Waals surface area contributed by atoms with Gasteiger partial charge in [0.25, 0.3) is 0 Å². The van der Waals surface area contributed by atoms with Crippen molar-refractivity contribution in [2.75, 3.05) is 6.61 Å². The third-order valence-electron chi connectivity index (χ3n) is 10.6. The Balaban J connectivity index is 4.65. The van der Waals surface area contributed by atoms with Gasteiger partial charge in [-0.1, -0.05) is 229 Å². The number of ether oxygens (including phenoxy) is 1. The predicted molar refractivity (Wildman–Crippen MR) is 250 cm³/mol. The molecule has 58 heavy (non-hydrogen) atoms. The summed E-state index contributed by atoms with van der Waals surface area (Å²) in [6.45, 7) is 6.27. The number of carbonyl (C=O) groups is 2. The molecular formula is C52H91NO5. The number of carbonyl (C=O) groups excluding carboxylic acids is 2. The Bertz CT molecular complexity index is 1090. The predicted octanol–water partition coefficient (Wildman–Crippen LogP) is 14.2. The second kappa shape index (κ2) is 45.4. The number of rotatable bonds is 42. The van der Waals surface area contributed by atoms with Crippen LogP contribution in [0.2, 0.25) is 0 Å². The van der Waals surface area contributed by atoms with E-state index in [4.69, 9.17) is 4.74 Å². The maximum absolute atomic E-state index is 13.1. The maximum atomic E-state index is 13.1. The van der Waals surface area contributed by atoms with Crippen molar-refractivity contribution in [3.63, 3.8) is 0 Å². The first-order valence-corrected chi connectivity index (χ1v) is 24.2. The lowest BCUT2D eigenvalue weighted by Gasteiger charge is -2.24. The largest absolute Gasteiger partial charge is 0.461 e. The molecule has 334 valence electrons. The molecule has 0 aromatic carbocycles. The van der Waals surface area contributed by atoms with Crippen LogP contribution in [0.5, 0.6) is 0 Å². The summed E-state index contributed by atoms with van der Waals surface area (Å²) in [6, 6.07) is -0.741. The molecule has 0 rings (SSSR count). The second-order valence-electron chi connectivity index (χ2n) is 16.3. The quantitative estimate of drug-likeness (QED) is 0.0247. The molecule has 0 aliphatic rings. The fraction of sp³-hybridized carbons (Fsp3) is 0.731. The lowest BCUT2D eigenvalue weighted by atomic mass is 10.0. The molecule has 0 fully saturated rings. The fourth-order valence-electron chi connectivity index (χ4n) is 6.97. The second-order valence-corrected chi connectivity index (χ2v) is 16.3. The third-order valence-corrected chi connectivity index (χ3v) is 10.6. The molecule has 3 unspecified atom stereocenters. The number of hydrogen-bond acceptors (Lipinski definition) is 5. The summed E-state index contributed by atoms with van der Waals surface area (Å²) in [7, 11) is 0. The highest BCUT2D eigenvalue weighted by Crippen LogP contribution is 2.16. The molecule has 0 aromatic heterocycles. The SMILES string of the molecule is CC/C=C/C=C/C=C\C=C/C=C/CC(CC(=O)NC(CO)C(O)CCCCCCCCCCCC)OC(=O)CCCCCCC/C=C/CCCCCCCCCCC. The minimum absolute atomic E-state index is 0.0239. The molecule has 0 radical (unpaired) electrons. The van der Waals surface area contributed by atoms with E-state index in [0.29, 0.717) is 19.3 Å². The van der Waals surface area contributed by atoms with Crippen LogP contribution in [0.4, 0.5) is 0 Å². The molecule has 0 heterocycles. The number of unbranched alkanes of at least 4 members (excludes halogenated alkanes) is 23. The van der Waals surface area contributed by atoms with Crippen molar-refractivity contribution in [1.29, 1.82) is 0 Å². The number of amides is 1. The Morgan fingerprint density at radius 1 is 0.534 bits per heavy atom. The maximum Gasteiger partial charge on any atom is 0.306 e. The summed E-state index contributed by atoms with van der Waals surface area (Å²) in [6.07, 6.45) is 57.1. The molecule has 0 saturated heterocycles. The van der Waals surface area contributed by atoms with Gasteiger partial charge in [0.2, 0.25) is 5.91 Å². The first kappa shape index (κ1) is 55.3. The topological polar surface area (TPSA) is 95.9 Å². The Morgan fingerprint density at radius 2 is 0.966 bits per heavy atom. The standard InChI is InChI=1S/C52H91NO5/c1-4-7-10-13-16-19-22-23-24-25-26-27-28-30-33-36-39-42-45-52(57)58-48(43-40-37-34-31-29-20-17-14-11-8-5-2)46-51(56)53-49(47-54)50(55)44-41-38-35-32-21-18-15-12-9-6-3/h8,11,14,17,20,26-27,29,31,34,37,40,48-50,54-55H,4-7,9-10,12-13,15-16,18-19,21-25,28,30,32-33,35-36,38-39,41-47H2,1-3H3,(H,53,56)/b11-8+,17-14+,27-26+,29-20-,34-31-,40-37+. The van der Waals surface area contributed by atoms with Gasteiger partial charge in [-0.3, -0.25) is 9.59 Å². The summed E-state index contributed by atoms with van der Waals surface area (Å²) >= 11 is 0. The summed E-state index contributed by atoms with van der Waals surface area (Å²) in [4.78, 5) is 26.0. The van der Waals surface area contributed by atoms with Crippen molar-refractivity contribution < 1.29 is 24.5 Å². The van der Waals surface area contributed by atoms with E-state index in [1.807, 2.05) is 54.7 Å². The van der Waals surface area contributed by atoms with Gasteiger partial charge in [0.15, 0.2) is 0 Å². The van der Waals surface area contributed by atoms with Crippen LogP contribution in [0.25, 0.3) is 0 Å². The van der Waals surface area contributed by atoms with E-state index in [1.165, 1.54) is 116 Å². The lowest BCUT2D eigenvalue weighted by Crippen LogP contribution is -2.46. The molecule has 0 bridgehead atoms. The highest BCUT2D eigenvalue weighted by Gasteiger charge is 2.23. The molecule has 0 spiro atoms. The normalized spacial score (nSPS) is 13.9. The molecule has 0 aromatic rings. The van der Waals surface area contributed by atoms with Crippen LogP contribution in [-0.2, 0) is 14.3 Å². The van der Waals surface area contributed by atoms with Gasteiger partial charge in [0.05, 0.1) is 25.2 Å². The van der Waals surface area contributed by atoms with Crippen molar-refractivity contribution in [1.82, 2.24) is 5.32 Å². The number of aliphatic hydroxyl groups excluding tert-OH is 2. The zero-order valence-corrected chi connectivity index (χ0v) is 37.9. The molecule has 3 N–H and O–H groups in total. The molecule has 1 amide bonds. The zero-order valence-electron chi connectivity index (χ0n) is 37.9. The van der Waals surface area contributed by atoms with Gasteiger partial charge in [0.1, 0.15) is 6.10 Å². The van der Waals surface area contributed by atoms with Crippen LogP contribution >= 0.6 is 0 Å². The Morgan fingerprint density at radius 3 is 1.45 bits per heavy atom. The minimum Gasteiger partial charge on any atom is -0.461 e. The van der Waals surface area contributed by atoms with E-state index < -0.39 is 18.2 Å². The first-order valence-electron chi connectivity index (χ1n) is 24.2. The van der Waals surface area contributed by atoms with Gasteiger partial charge in [-0.05, 0) is 44.9 Å². The molecule has 6 heteroatoms. The zero-order chi connectivity index (χ0) is 42.4. The van der Waals surface area contributed by atoms with E-state index in [-0.39, 0.29) is 24.9 Å². The van der Waals surface area contributed by atoms with Crippen LogP contribution in [0.15, 0.2) is 72.9 Å². The first-order chi connectivity index (χ1) is 28.5. The molecule has 0 aliphatic carbocycles. The van der Waals surface area contributed by atoms with Crippen molar-refractivity contribution in [2.24, 2.45) is 0 Å². The van der Waals surface area contributed by atoms with Gasteiger partial charge >= 0.3 is 5.97 Å². The van der Waals surface area contributed by atoms with Crippen molar-refractivity contribution in [3.8, 4) is 0 Å². The molecule has 3 atom stereocenters. The van der Waals surface area contributed by atoms with Gasteiger partial charge in [-0.2, -0.15) is 0 Å². The minimum atomic E-state index is -0.819. The van der Waals surface area contributed by atoms with Crippen LogP contribution in [-0.4, -0.2) is 46.9 Å². The third kappa shape index (κ3) is 40.1. The summed E-state index contributed by atoms with van der Waals surface area (Å²) < 4.78 is 5.82. The van der Waals surface area contributed by atoms with Crippen LogP contribution in [0, 0.1) is 0 Å². The summed E-state index contributed by atoms with van der Waals surface area (Å²) in [5, 5.41) is 23.6. The number of aliphatic hydroxyl groups is 2. The molecular weight excluding hydrogens is 719 g/mol. The number of hydrogen-bond donors (Lipinski definition) is 3. The highest BCUT2D eigenvalue weighted by molar-refractivity contribution is 5.77. The Labute approximate surface area is 358 Å². The molecule has 0 aliphatic heterocycles. The van der Waals surface area contributed by atoms with Crippen LogP contribution in [0.1, 0.15) is 220 Å². The molecule has 6 nitrogen and oxygen atoms in total. The molecule has 0 saturated carbocycles. The van der Waals surface area contributed by atoms with E-state index in [9.17, 15) is 19.8 Å². The smallest absolute Gasteiger partial charge is 0.306 e. The number of allylic oxidation sites excluding steroid dienone is 11. The Hall–Kier alpha value is -2.70. The Kier molecular flexibility index (Phi) is 43.3. The highest BCUT2D eigenvalue weighted by atomic mass is 16.5. The van der Waals surface area contributed by atoms with E-state index >= 15 is 0 Å². The van der Waals surface area contributed by atoms with E-state index in [2.05, 4.69) is 44.3 Å². The van der Waals surface area contributed by atoms with E-state index in [0.717, 1.165) is 57.8 Å². The van der Waals surface area contributed by atoms with E-state index in [1.54, 1.807) is 0 Å². The van der Waals surface area contributed by atoms with Gasteiger partial charge in [0, 0.05) is 12.8 Å².